The van der Waals surface area contributed by atoms with E-state index >= 15 is 0 Å². The van der Waals surface area contributed by atoms with Crippen molar-refractivity contribution in [1.82, 2.24) is 15.5 Å². The van der Waals surface area contributed by atoms with Crippen LogP contribution in [-0.2, 0) is 0 Å². The minimum absolute atomic E-state index is 0.0752. The topological polar surface area (TPSA) is 74.8 Å². The van der Waals surface area contributed by atoms with Gasteiger partial charge in [-0.3, -0.25) is 9.59 Å². The van der Waals surface area contributed by atoms with E-state index in [1.165, 1.54) is 12.1 Å². The lowest BCUT2D eigenvalue weighted by molar-refractivity contribution is 0.0924. The molecule has 1 atom stereocenters. The molecule has 0 radical (unpaired) electrons. The first kappa shape index (κ1) is 11.4. The molecule has 2 N–H and O–H groups in total. The molecule has 1 aromatic heterocycles. The van der Waals surface area contributed by atoms with Crippen LogP contribution in [-0.4, -0.2) is 22.1 Å². The Kier molecular flexibility index (Phi) is 3.60. The number of nitrogens with one attached hydrogen (secondary N) is 2. The summed E-state index contributed by atoms with van der Waals surface area (Å²) in [6.07, 6.45) is 0. The first-order valence-corrected chi connectivity index (χ1v) is 4.87. The average Bonchev–Trinajstić information content (AvgIpc) is 2.18. The summed E-state index contributed by atoms with van der Waals surface area (Å²) in [5, 5.41) is 8.65. The molecule has 0 spiro atoms. The third-order valence-electron chi connectivity index (χ3n) is 2.27. The van der Waals surface area contributed by atoms with E-state index < -0.39 is 0 Å². The predicted molar refractivity (Wildman–Crippen MR) is 56.6 cm³/mol. The van der Waals surface area contributed by atoms with Crippen molar-refractivity contribution in [3.63, 3.8) is 0 Å². The predicted octanol–water partition coefficient (Wildman–Crippen LogP) is 0.544. The Hall–Kier alpha value is -1.65. The molecule has 0 bridgehead atoms. The zero-order valence-electron chi connectivity index (χ0n) is 9.07. The fraction of sp³-hybridized carbons (Fsp3) is 0.500. The Morgan fingerprint density at radius 3 is 2.53 bits per heavy atom. The van der Waals surface area contributed by atoms with Crippen molar-refractivity contribution in [1.29, 1.82) is 0 Å². The molecule has 0 aliphatic heterocycles. The monoisotopic (exact) mass is 209 g/mol. The molecule has 0 aliphatic rings. The van der Waals surface area contributed by atoms with Crippen molar-refractivity contribution in [2.45, 2.75) is 26.8 Å². The van der Waals surface area contributed by atoms with Crippen molar-refractivity contribution >= 4 is 5.91 Å². The fourth-order valence-corrected chi connectivity index (χ4v) is 0.918. The number of nitrogens with zero attached hydrogens (tertiary/aromatic N) is 1. The number of hydrogen-bond acceptors (Lipinski definition) is 3. The summed E-state index contributed by atoms with van der Waals surface area (Å²) in [5.41, 5.74) is -0.0921. The van der Waals surface area contributed by atoms with Crippen LogP contribution in [0.3, 0.4) is 0 Å². The SMILES string of the molecule is CC(C)[C@@H](C)NC(=O)c1ccc(=O)[nH]n1. The highest BCUT2D eigenvalue weighted by Crippen LogP contribution is 2.00. The quantitative estimate of drug-likeness (QED) is 0.763. The second kappa shape index (κ2) is 4.72. The van der Waals surface area contributed by atoms with Gasteiger partial charge in [-0.15, -0.1) is 0 Å². The molecule has 0 aromatic carbocycles. The summed E-state index contributed by atoms with van der Waals surface area (Å²) in [6, 6.07) is 2.76. The van der Waals surface area contributed by atoms with Gasteiger partial charge in [0.25, 0.3) is 11.5 Å². The van der Waals surface area contributed by atoms with Crippen LogP contribution in [0.4, 0.5) is 0 Å². The van der Waals surface area contributed by atoms with Crippen molar-refractivity contribution in [3.05, 3.63) is 28.2 Å². The molecular formula is C10H15N3O2. The molecule has 0 aliphatic carbocycles. The zero-order chi connectivity index (χ0) is 11.4. The number of carbonyl (C=O) groups is 1. The van der Waals surface area contributed by atoms with Gasteiger partial charge in [0, 0.05) is 12.1 Å². The van der Waals surface area contributed by atoms with E-state index in [1.807, 2.05) is 20.8 Å². The Labute approximate surface area is 87.9 Å². The maximum Gasteiger partial charge on any atom is 0.271 e. The Bertz CT molecular complexity index is 377. The normalized spacial score (nSPS) is 12.5. The van der Waals surface area contributed by atoms with Crippen LogP contribution in [0.2, 0.25) is 0 Å². The maximum absolute atomic E-state index is 11.6. The molecular weight excluding hydrogens is 194 g/mol. The smallest absolute Gasteiger partial charge is 0.271 e. The van der Waals surface area contributed by atoms with Crippen molar-refractivity contribution in [3.8, 4) is 0 Å². The van der Waals surface area contributed by atoms with Gasteiger partial charge >= 0.3 is 0 Å². The largest absolute Gasteiger partial charge is 0.348 e. The molecule has 82 valence electrons. The van der Waals surface area contributed by atoms with Crippen LogP contribution in [0.15, 0.2) is 16.9 Å². The molecule has 15 heavy (non-hydrogen) atoms. The summed E-state index contributed by atoms with van der Waals surface area (Å²) in [7, 11) is 0. The van der Waals surface area contributed by atoms with E-state index in [0.29, 0.717) is 5.92 Å². The summed E-state index contributed by atoms with van der Waals surface area (Å²) in [4.78, 5) is 22.3. The molecule has 0 unspecified atom stereocenters. The summed E-state index contributed by atoms with van der Waals surface area (Å²) in [5.74, 6) is 0.0872. The van der Waals surface area contributed by atoms with Crippen molar-refractivity contribution < 1.29 is 4.79 Å². The lowest BCUT2D eigenvalue weighted by Gasteiger charge is -2.16. The van der Waals surface area contributed by atoms with Crippen LogP contribution >= 0.6 is 0 Å². The minimum atomic E-state index is -0.316. The summed E-state index contributed by atoms with van der Waals surface area (Å²) < 4.78 is 0. The molecule has 1 aromatic rings. The number of aromatic amines is 1. The lowest BCUT2D eigenvalue weighted by atomic mass is 10.1. The second-order valence-corrected chi connectivity index (χ2v) is 3.81. The fourth-order valence-electron chi connectivity index (χ4n) is 0.918. The zero-order valence-corrected chi connectivity index (χ0v) is 9.07. The minimum Gasteiger partial charge on any atom is -0.348 e. The molecule has 1 amide bonds. The van der Waals surface area contributed by atoms with E-state index in [-0.39, 0.29) is 23.2 Å². The Morgan fingerprint density at radius 1 is 1.40 bits per heavy atom. The average molecular weight is 209 g/mol. The molecule has 5 heteroatoms. The van der Waals surface area contributed by atoms with Gasteiger partial charge in [-0.1, -0.05) is 13.8 Å². The van der Waals surface area contributed by atoms with Gasteiger partial charge in [-0.2, -0.15) is 5.10 Å². The highest BCUT2D eigenvalue weighted by molar-refractivity contribution is 5.92. The second-order valence-electron chi connectivity index (χ2n) is 3.81. The molecule has 0 fully saturated rings. The number of hydrogen-bond donors (Lipinski definition) is 2. The maximum atomic E-state index is 11.6. The van der Waals surface area contributed by atoms with Gasteiger partial charge in [0.05, 0.1) is 0 Å². The van der Waals surface area contributed by atoms with Gasteiger partial charge in [-0.05, 0) is 18.9 Å². The third-order valence-corrected chi connectivity index (χ3v) is 2.27. The van der Waals surface area contributed by atoms with E-state index in [2.05, 4.69) is 15.5 Å². The van der Waals surface area contributed by atoms with Crippen molar-refractivity contribution in [2.75, 3.05) is 0 Å². The van der Waals surface area contributed by atoms with Crippen molar-refractivity contribution in [2.24, 2.45) is 5.92 Å². The first-order valence-electron chi connectivity index (χ1n) is 4.87. The lowest BCUT2D eigenvalue weighted by Crippen LogP contribution is -2.36. The third kappa shape index (κ3) is 3.19. The van der Waals surface area contributed by atoms with Crippen LogP contribution in [0, 0.1) is 5.92 Å². The van der Waals surface area contributed by atoms with Crippen LogP contribution in [0.5, 0.6) is 0 Å². The molecule has 0 saturated heterocycles. The molecule has 0 saturated carbocycles. The van der Waals surface area contributed by atoms with Gasteiger partial charge in [0.15, 0.2) is 0 Å². The first-order chi connectivity index (χ1) is 7.00. The standard InChI is InChI=1S/C10H15N3O2/c1-6(2)7(3)11-10(15)8-4-5-9(14)13-12-8/h4-7H,1-3H3,(H,11,15)(H,13,14)/t7-/m1/s1. The number of amides is 1. The van der Waals surface area contributed by atoms with Gasteiger partial charge in [0.1, 0.15) is 5.69 Å². The number of aromatic nitrogens is 2. The summed E-state index contributed by atoms with van der Waals surface area (Å²) >= 11 is 0. The number of H-pyrrole nitrogens is 1. The van der Waals surface area contributed by atoms with E-state index in [1.54, 1.807) is 0 Å². The highest BCUT2D eigenvalue weighted by atomic mass is 16.2. The van der Waals surface area contributed by atoms with E-state index in [4.69, 9.17) is 0 Å². The van der Waals surface area contributed by atoms with Gasteiger partial charge in [-0.25, -0.2) is 5.10 Å². The van der Waals surface area contributed by atoms with Crippen LogP contribution < -0.4 is 10.9 Å². The summed E-state index contributed by atoms with van der Waals surface area (Å²) in [6.45, 7) is 5.96. The number of carbonyl (C=O) groups excluding carboxylic acids is 1. The Balaban J connectivity index is 2.69. The molecule has 5 nitrogen and oxygen atoms in total. The van der Waals surface area contributed by atoms with Crippen LogP contribution in [0.1, 0.15) is 31.3 Å². The van der Waals surface area contributed by atoms with Gasteiger partial charge < -0.3 is 5.32 Å². The van der Waals surface area contributed by atoms with Gasteiger partial charge in [0.2, 0.25) is 0 Å². The highest BCUT2D eigenvalue weighted by Gasteiger charge is 2.13. The van der Waals surface area contributed by atoms with Crippen LogP contribution in [0.25, 0.3) is 0 Å². The van der Waals surface area contributed by atoms with E-state index in [0.717, 1.165) is 0 Å². The molecule has 1 heterocycles. The molecule has 1 rings (SSSR count). The Morgan fingerprint density at radius 2 is 2.07 bits per heavy atom. The van der Waals surface area contributed by atoms with E-state index in [9.17, 15) is 9.59 Å². The number of rotatable bonds is 3.